The fourth-order valence-corrected chi connectivity index (χ4v) is 3.22. The van der Waals surface area contributed by atoms with Gasteiger partial charge in [-0.2, -0.15) is 0 Å². The zero-order valence-electron chi connectivity index (χ0n) is 13.1. The van der Waals surface area contributed by atoms with Gasteiger partial charge in [0, 0.05) is 13.2 Å². The minimum atomic E-state index is 0.0892. The summed E-state index contributed by atoms with van der Waals surface area (Å²) in [6.45, 7) is 10.3. The van der Waals surface area contributed by atoms with Crippen molar-refractivity contribution in [2.24, 2.45) is 11.8 Å². The molecule has 108 valence electrons. The smallest absolute Gasteiger partial charge is 0.0831 e. The number of nitrogens with one attached hydrogen (secondary N) is 1. The molecule has 18 heavy (non-hydrogen) atoms. The standard InChI is InChI=1S/C16H33NO/c1-6-11-17-15(12-13(2)3)16(18-5)9-7-14(4)8-10-16/h13-15,17H,6-12H2,1-5H3. The molecule has 0 heterocycles. The maximum atomic E-state index is 6.02. The Morgan fingerprint density at radius 1 is 1.28 bits per heavy atom. The largest absolute Gasteiger partial charge is 0.377 e. The van der Waals surface area contributed by atoms with Crippen molar-refractivity contribution in [3.05, 3.63) is 0 Å². The van der Waals surface area contributed by atoms with Crippen LogP contribution in [0.25, 0.3) is 0 Å². The van der Waals surface area contributed by atoms with Crippen LogP contribution in [0.2, 0.25) is 0 Å². The average Bonchev–Trinajstić information content (AvgIpc) is 2.35. The molecule has 1 unspecified atom stereocenters. The summed E-state index contributed by atoms with van der Waals surface area (Å²) in [5.41, 5.74) is 0.0892. The van der Waals surface area contributed by atoms with Gasteiger partial charge in [-0.3, -0.25) is 0 Å². The van der Waals surface area contributed by atoms with Crippen LogP contribution in [0.3, 0.4) is 0 Å². The third kappa shape index (κ3) is 4.24. The molecule has 0 bridgehead atoms. The van der Waals surface area contributed by atoms with Crippen LogP contribution in [0.5, 0.6) is 0 Å². The first-order chi connectivity index (χ1) is 8.54. The number of rotatable bonds is 7. The van der Waals surface area contributed by atoms with Crippen LogP contribution in [-0.2, 0) is 4.74 Å². The molecule has 1 N–H and O–H groups in total. The van der Waals surface area contributed by atoms with Gasteiger partial charge in [-0.25, -0.2) is 0 Å². The Balaban J connectivity index is 2.71. The minimum absolute atomic E-state index is 0.0892. The Hall–Kier alpha value is -0.0800. The van der Waals surface area contributed by atoms with Gasteiger partial charge in [-0.1, -0.05) is 27.7 Å². The topological polar surface area (TPSA) is 21.3 Å². The van der Waals surface area contributed by atoms with Crippen LogP contribution < -0.4 is 5.32 Å². The molecule has 0 aromatic carbocycles. The third-order valence-corrected chi connectivity index (χ3v) is 4.51. The van der Waals surface area contributed by atoms with Crippen molar-refractivity contribution >= 4 is 0 Å². The van der Waals surface area contributed by atoms with Gasteiger partial charge < -0.3 is 10.1 Å². The maximum Gasteiger partial charge on any atom is 0.0831 e. The minimum Gasteiger partial charge on any atom is -0.377 e. The first-order valence-corrected chi connectivity index (χ1v) is 7.82. The molecule has 1 aliphatic carbocycles. The van der Waals surface area contributed by atoms with Crippen LogP contribution in [0.4, 0.5) is 0 Å². The van der Waals surface area contributed by atoms with Crippen molar-refractivity contribution in [3.63, 3.8) is 0 Å². The van der Waals surface area contributed by atoms with Crippen LogP contribution >= 0.6 is 0 Å². The Morgan fingerprint density at radius 3 is 2.33 bits per heavy atom. The van der Waals surface area contributed by atoms with Gasteiger partial charge in [-0.05, 0) is 56.9 Å². The van der Waals surface area contributed by atoms with Crippen LogP contribution in [-0.4, -0.2) is 25.3 Å². The molecule has 0 amide bonds. The van der Waals surface area contributed by atoms with Gasteiger partial charge in [0.25, 0.3) is 0 Å². The number of hydrogen-bond acceptors (Lipinski definition) is 2. The molecule has 1 aliphatic rings. The lowest BCUT2D eigenvalue weighted by Crippen LogP contribution is -2.54. The van der Waals surface area contributed by atoms with E-state index >= 15 is 0 Å². The number of hydrogen-bond donors (Lipinski definition) is 1. The van der Waals surface area contributed by atoms with E-state index in [9.17, 15) is 0 Å². The van der Waals surface area contributed by atoms with Crippen LogP contribution in [0.15, 0.2) is 0 Å². The fourth-order valence-electron chi connectivity index (χ4n) is 3.22. The van der Waals surface area contributed by atoms with E-state index in [1.807, 2.05) is 7.11 Å². The predicted molar refractivity (Wildman–Crippen MR) is 78.9 cm³/mol. The maximum absolute atomic E-state index is 6.02. The summed E-state index contributed by atoms with van der Waals surface area (Å²) < 4.78 is 6.02. The molecular formula is C16H33NO. The SMILES string of the molecule is CCCNC(CC(C)C)C1(OC)CCC(C)CC1. The Morgan fingerprint density at radius 2 is 1.89 bits per heavy atom. The molecule has 1 atom stereocenters. The monoisotopic (exact) mass is 255 g/mol. The molecule has 1 fully saturated rings. The van der Waals surface area contributed by atoms with Crippen LogP contribution in [0.1, 0.15) is 66.2 Å². The lowest BCUT2D eigenvalue weighted by Gasteiger charge is -2.45. The number of ether oxygens (including phenoxy) is 1. The van der Waals surface area contributed by atoms with Crippen molar-refractivity contribution < 1.29 is 4.74 Å². The molecule has 0 aromatic rings. The van der Waals surface area contributed by atoms with Gasteiger partial charge >= 0.3 is 0 Å². The summed E-state index contributed by atoms with van der Waals surface area (Å²) in [6, 6.07) is 0.523. The van der Waals surface area contributed by atoms with E-state index in [4.69, 9.17) is 4.74 Å². The lowest BCUT2D eigenvalue weighted by atomic mass is 9.73. The molecule has 0 aliphatic heterocycles. The highest BCUT2D eigenvalue weighted by Crippen LogP contribution is 2.38. The fraction of sp³-hybridized carbons (Fsp3) is 1.00. The highest BCUT2D eigenvalue weighted by Gasteiger charge is 2.41. The normalized spacial score (nSPS) is 30.7. The van der Waals surface area contributed by atoms with Gasteiger partial charge in [0.2, 0.25) is 0 Å². The lowest BCUT2D eigenvalue weighted by molar-refractivity contribution is -0.0787. The highest BCUT2D eigenvalue weighted by molar-refractivity contribution is 4.96. The van der Waals surface area contributed by atoms with Crippen LogP contribution in [0, 0.1) is 11.8 Å². The molecule has 0 saturated heterocycles. The molecule has 1 rings (SSSR count). The zero-order valence-corrected chi connectivity index (χ0v) is 13.1. The van der Waals surface area contributed by atoms with Gasteiger partial charge in [0.1, 0.15) is 0 Å². The second-order valence-electron chi connectivity index (χ2n) is 6.59. The molecule has 0 radical (unpaired) electrons. The predicted octanol–water partition coefficient (Wildman–Crippen LogP) is 4.00. The van der Waals surface area contributed by atoms with Gasteiger partial charge in [0.05, 0.1) is 5.60 Å². The van der Waals surface area contributed by atoms with Crippen molar-refractivity contribution in [2.75, 3.05) is 13.7 Å². The Bertz CT molecular complexity index is 219. The molecular weight excluding hydrogens is 222 g/mol. The molecule has 0 aromatic heterocycles. The van der Waals surface area contributed by atoms with Crippen molar-refractivity contribution in [2.45, 2.75) is 77.9 Å². The van der Waals surface area contributed by atoms with E-state index in [-0.39, 0.29) is 5.60 Å². The molecule has 1 saturated carbocycles. The zero-order chi connectivity index (χ0) is 13.6. The first kappa shape index (κ1) is 16.0. The number of methoxy groups -OCH3 is 1. The van der Waals surface area contributed by atoms with Gasteiger partial charge in [0.15, 0.2) is 0 Å². The van der Waals surface area contributed by atoms with Crippen molar-refractivity contribution in [1.82, 2.24) is 5.32 Å². The molecule has 2 heteroatoms. The second kappa shape index (κ2) is 7.49. The van der Waals surface area contributed by atoms with E-state index in [1.54, 1.807) is 0 Å². The molecule has 2 nitrogen and oxygen atoms in total. The second-order valence-corrected chi connectivity index (χ2v) is 6.59. The summed E-state index contributed by atoms with van der Waals surface area (Å²) in [5, 5.41) is 3.75. The van der Waals surface area contributed by atoms with E-state index in [0.717, 1.165) is 18.4 Å². The summed E-state index contributed by atoms with van der Waals surface area (Å²) in [5.74, 6) is 1.60. The highest BCUT2D eigenvalue weighted by atomic mass is 16.5. The first-order valence-electron chi connectivity index (χ1n) is 7.82. The van der Waals surface area contributed by atoms with E-state index in [2.05, 4.69) is 33.0 Å². The summed E-state index contributed by atoms with van der Waals surface area (Å²) in [6.07, 6.45) is 7.50. The summed E-state index contributed by atoms with van der Waals surface area (Å²) in [7, 11) is 1.91. The van der Waals surface area contributed by atoms with E-state index in [1.165, 1.54) is 38.5 Å². The van der Waals surface area contributed by atoms with Gasteiger partial charge in [-0.15, -0.1) is 0 Å². The Kier molecular flexibility index (Phi) is 6.65. The summed E-state index contributed by atoms with van der Waals surface area (Å²) >= 11 is 0. The average molecular weight is 255 g/mol. The Labute approximate surface area is 114 Å². The third-order valence-electron chi connectivity index (χ3n) is 4.51. The molecule has 0 spiro atoms. The van der Waals surface area contributed by atoms with Crippen molar-refractivity contribution in [1.29, 1.82) is 0 Å². The summed E-state index contributed by atoms with van der Waals surface area (Å²) in [4.78, 5) is 0. The van der Waals surface area contributed by atoms with E-state index < -0.39 is 0 Å². The quantitative estimate of drug-likeness (QED) is 0.742. The van der Waals surface area contributed by atoms with Crippen molar-refractivity contribution in [3.8, 4) is 0 Å². The van der Waals surface area contributed by atoms with E-state index in [0.29, 0.717) is 6.04 Å².